The standard InChI is InChI=1S/C78H159N2O6P/c1-6-8-10-12-14-16-18-20-22-24-26-28-30-32-34-36-37-38-39-40-41-42-44-46-48-50-52-54-56-58-60-62-64-66-68-70-72-78(82)79-76(75-86-87(83,84)85-74-73-80(3,4)5)77(81)71-69-67-65-63-61-59-57-55-53-51-49-47-45-43-35-33-31-29-27-25-23-21-19-17-15-13-11-9-7-2/h76-77,81H,6-75H2,1-5H3,(H-,79,82,83,84). The van der Waals surface area contributed by atoms with Gasteiger partial charge in [0.05, 0.1) is 39.9 Å². The van der Waals surface area contributed by atoms with Gasteiger partial charge in [0.15, 0.2) is 0 Å². The molecule has 0 rings (SSSR count). The monoisotopic (exact) mass is 1250 g/mol. The largest absolute Gasteiger partial charge is 0.756 e. The topological polar surface area (TPSA) is 108 Å². The molecule has 0 aromatic rings. The molecule has 0 spiro atoms. The van der Waals surface area contributed by atoms with Crippen LogP contribution in [0.1, 0.15) is 444 Å². The SMILES string of the molecule is CCCCCCCCCCCCCCCCCCCCCCCCCCCCCCCCCCCCCCC(=O)NC(COP(=O)([O-])OCC[N+](C)(C)C)C(O)CCCCCCCCCCCCCCCCCCCCCCCCCCCCCCC. The van der Waals surface area contributed by atoms with E-state index in [2.05, 4.69) is 19.2 Å². The normalized spacial score (nSPS) is 13.4. The molecule has 0 aliphatic heterocycles. The summed E-state index contributed by atoms with van der Waals surface area (Å²) in [6.07, 6.45) is 89.5. The molecule has 0 aliphatic carbocycles. The molecule has 0 radical (unpaired) electrons. The Balaban J connectivity index is 3.89. The lowest BCUT2D eigenvalue weighted by Crippen LogP contribution is -2.46. The van der Waals surface area contributed by atoms with E-state index in [9.17, 15) is 19.4 Å². The van der Waals surface area contributed by atoms with Gasteiger partial charge in [-0.15, -0.1) is 0 Å². The zero-order valence-corrected chi connectivity index (χ0v) is 60.9. The van der Waals surface area contributed by atoms with Gasteiger partial charge in [-0.25, -0.2) is 0 Å². The lowest BCUT2D eigenvalue weighted by Gasteiger charge is -2.30. The molecule has 0 saturated carbocycles. The van der Waals surface area contributed by atoms with Gasteiger partial charge in [-0.3, -0.25) is 9.36 Å². The molecule has 2 N–H and O–H groups in total. The van der Waals surface area contributed by atoms with Crippen molar-refractivity contribution >= 4 is 13.7 Å². The van der Waals surface area contributed by atoms with Gasteiger partial charge in [0.2, 0.25) is 5.91 Å². The fourth-order valence-corrected chi connectivity index (χ4v) is 13.7. The predicted octanol–water partition coefficient (Wildman–Crippen LogP) is 25.2. The van der Waals surface area contributed by atoms with Crippen LogP contribution in [0.2, 0.25) is 0 Å². The summed E-state index contributed by atoms with van der Waals surface area (Å²) in [4.78, 5) is 25.7. The van der Waals surface area contributed by atoms with Crippen molar-refractivity contribution in [3.63, 3.8) is 0 Å². The van der Waals surface area contributed by atoms with E-state index in [1.807, 2.05) is 21.1 Å². The average Bonchev–Trinajstić information content (AvgIpc) is 3.71. The minimum absolute atomic E-state index is 0.0171. The molecule has 522 valence electrons. The number of hydrogen-bond donors (Lipinski definition) is 2. The summed E-state index contributed by atoms with van der Waals surface area (Å²) in [5.74, 6) is -0.152. The number of likely N-dealkylation sites (N-methyl/N-ethyl adjacent to an activating group) is 1. The molecular weight excluding hydrogens is 1090 g/mol. The zero-order valence-electron chi connectivity index (χ0n) is 60.0. The first-order valence-corrected chi connectivity index (χ1v) is 41.3. The van der Waals surface area contributed by atoms with E-state index in [-0.39, 0.29) is 19.1 Å². The van der Waals surface area contributed by atoms with Crippen LogP contribution in [0, 0.1) is 0 Å². The third-order valence-electron chi connectivity index (χ3n) is 19.1. The number of quaternary nitrogens is 1. The predicted molar refractivity (Wildman–Crippen MR) is 381 cm³/mol. The Bertz CT molecular complexity index is 1380. The molecule has 87 heavy (non-hydrogen) atoms. The molecule has 0 aromatic carbocycles. The van der Waals surface area contributed by atoms with E-state index >= 15 is 0 Å². The van der Waals surface area contributed by atoms with Crippen LogP contribution in [-0.2, 0) is 18.4 Å². The van der Waals surface area contributed by atoms with Crippen molar-refractivity contribution in [3.05, 3.63) is 0 Å². The number of nitrogens with zero attached hydrogens (tertiary/aromatic N) is 1. The van der Waals surface area contributed by atoms with Crippen LogP contribution >= 0.6 is 7.82 Å². The Hall–Kier alpha value is -0.500. The van der Waals surface area contributed by atoms with Gasteiger partial charge in [-0.1, -0.05) is 425 Å². The van der Waals surface area contributed by atoms with E-state index < -0.39 is 20.0 Å². The Morgan fingerprint density at radius 3 is 0.782 bits per heavy atom. The summed E-state index contributed by atoms with van der Waals surface area (Å²) < 4.78 is 23.6. The van der Waals surface area contributed by atoms with Crippen LogP contribution in [0.15, 0.2) is 0 Å². The van der Waals surface area contributed by atoms with Crippen molar-refractivity contribution < 1.29 is 32.9 Å². The summed E-state index contributed by atoms with van der Waals surface area (Å²) in [6, 6.07) is -0.798. The minimum atomic E-state index is -4.58. The number of phosphoric acid groups is 1. The Kier molecular flexibility index (Phi) is 69.4. The lowest BCUT2D eigenvalue weighted by molar-refractivity contribution is -0.870. The third-order valence-corrected chi connectivity index (χ3v) is 20.1. The van der Waals surface area contributed by atoms with Gasteiger partial charge < -0.3 is 28.8 Å². The third kappa shape index (κ3) is 72.8. The summed E-state index contributed by atoms with van der Waals surface area (Å²) in [5.41, 5.74) is 0. The highest BCUT2D eigenvalue weighted by Gasteiger charge is 2.24. The fraction of sp³-hybridized carbons (Fsp3) is 0.987. The Morgan fingerprint density at radius 1 is 0.356 bits per heavy atom. The number of hydrogen-bond acceptors (Lipinski definition) is 6. The maximum atomic E-state index is 13.1. The number of phosphoric ester groups is 1. The first kappa shape index (κ1) is 86.5. The van der Waals surface area contributed by atoms with Gasteiger partial charge in [0.25, 0.3) is 7.82 Å². The van der Waals surface area contributed by atoms with Crippen LogP contribution in [0.5, 0.6) is 0 Å². The molecule has 0 aromatic heterocycles. The number of aliphatic hydroxyl groups excluding tert-OH is 1. The van der Waals surface area contributed by atoms with Gasteiger partial charge in [0, 0.05) is 6.42 Å². The fourth-order valence-electron chi connectivity index (χ4n) is 12.9. The molecule has 0 fully saturated rings. The van der Waals surface area contributed by atoms with Gasteiger partial charge in [-0.2, -0.15) is 0 Å². The van der Waals surface area contributed by atoms with Crippen molar-refractivity contribution in [2.24, 2.45) is 0 Å². The van der Waals surface area contributed by atoms with Crippen LogP contribution in [0.3, 0.4) is 0 Å². The highest BCUT2D eigenvalue weighted by Crippen LogP contribution is 2.38. The Morgan fingerprint density at radius 2 is 0.563 bits per heavy atom. The molecule has 1 amide bonds. The van der Waals surface area contributed by atoms with Gasteiger partial charge in [-0.05, 0) is 12.8 Å². The van der Waals surface area contributed by atoms with Crippen molar-refractivity contribution in [3.8, 4) is 0 Å². The second kappa shape index (κ2) is 69.8. The molecule has 3 atom stereocenters. The molecule has 0 aliphatic rings. The maximum absolute atomic E-state index is 13.1. The van der Waals surface area contributed by atoms with Crippen LogP contribution in [0.4, 0.5) is 0 Å². The van der Waals surface area contributed by atoms with Crippen molar-refractivity contribution in [1.82, 2.24) is 5.32 Å². The first-order chi connectivity index (χ1) is 42.5. The number of carbonyl (C=O) groups is 1. The molecule has 9 heteroatoms. The number of amides is 1. The summed E-state index contributed by atoms with van der Waals surface area (Å²) in [7, 11) is 1.34. The van der Waals surface area contributed by atoms with Crippen molar-refractivity contribution in [2.45, 2.75) is 456 Å². The van der Waals surface area contributed by atoms with Gasteiger partial charge >= 0.3 is 0 Å². The van der Waals surface area contributed by atoms with Gasteiger partial charge in [0.1, 0.15) is 13.2 Å². The molecule has 3 unspecified atom stereocenters. The quantitative estimate of drug-likeness (QED) is 0.0357. The maximum Gasteiger partial charge on any atom is 0.268 e. The minimum Gasteiger partial charge on any atom is -0.756 e. The molecule has 0 heterocycles. The van der Waals surface area contributed by atoms with Crippen LogP contribution in [-0.4, -0.2) is 68.5 Å². The number of unbranched alkanes of at least 4 members (excludes halogenated alkanes) is 63. The number of carbonyl (C=O) groups excluding carboxylic acids is 1. The van der Waals surface area contributed by atoms with Crippen LogP contribution in [0.25, 0.3) is 0 Å². The van der Waals surface area contributed by atoms with Crippen molar-refractivity contribution in [1.29, 1.82) is 0 Å². The van der Waals surface area contributed by atoms with E-state index in [0.29, 0.717) is 23.9 Å². The first-order valence-electron chi connectivity index (χ1n) is 39.9. The molecule has 0 bridgehead atoms. The lowest BCUT2D eigenvalue weighted by atomic mass is 10.0. The zero-order chi connectivity index (χ0) is 63.4. The van der Waals surface area contributed by atoms with Crippen molar-refractivity contribution in [2.75, 3.05) is 40.9 Å². The average molecular weight is 1250 g/mol. The summed E-state index contributed by atoms with van der Waals surface area (Å²) in [6.45, 7) is 4.81. The number of nitrogens with one attached hydrogen (secondary N) is 1. The second-order valence-electron chi connectivity index (χ2n) is 29.1. The molecule has 0 saturated heterocycles. The smallest absolute Gasteiger partial charge is 0.268 e. The number of aliphatic hydroxyl groups is 1. The van der Waals surface area contributed by atoms with E-state index in [0.717, 1.165) is 38.5 Å². The Labute approximate surface area is 546 Å². The summed E-state index contributed by atoms with van der Waals surface area (Å²) >= 11 is 0. The molecule has 8 nitrogen and oxygen atoms in total. The molecular formula is C78H159N2O6P. The second-order valence-corrected chi connectivity index (χ2v) is 30.6. The highest BCUT2D eigenvalue weighted by atomic mass is 31.2. The highest BCUT2D eigenvalue weighted by molar-refractivity contribution is 7.45. The van der Waals surface area contributed by atoms with E-state index in [1.54, 1.807) is 0 Å². The van der Waals surface area contributed by atoms with E-state index in [4.69, 9.17) is 9.05 Å². The van der Waals surface area contributed by atoms with E-state index in [1.165, 1.54) is 379 Å². The van der Waals surface area contributed by atoms with Crippen LogP contribution < -0.4 is 10.2 Å². The summed E-state index contributed by atoms with van der Waals surface area (Å²) in [5, 5.41) is 14.1. The number of rotatable bonds is 76.